The molecule has 1 aromatic heterocycles. The molecule has 0 aliphatic rings. The lowest BCUT2D eigenvalue weighted by atomic mass is 10.1. The molecule has 0 bridgehead atoms. The molecule has 0 fully saturated rings. The molecule has 0 saturated heterocycles. The van der Waals surface area contributed by atoms with Crippen LogP contribution in [0.3, 0.4) is 0 Å². The van der Waals surface area contributed by atoms with Gasteiger partial charge in [0.15, 0.2) is 0 Å². The van der Waals surface area contributed by atoms with Crippen molar-refractivity contribution in [3.05, 3.63) is 56.4 Å². The molecule has 2 aromatic rings. The number of hydrogen-bond acceptors (Lipinski definition) is 2. The van der Waals surface area contributed by atoms with Gasteiger partial charge in [-0.3, -0.25) is 0 Å². The summed E-state index contributed by atoms with van der Waals surface area (Å²) < 4.78 is 13.8. The van der Waals surface area contributed by atoms with Crippen molar-refractivity contribution < 1.29 is 4.39 Å². The molecule has 0 aliphatic heterocycles. The zero-order chi connectivity index (χ0) is 11.5. The first kappa shape index (κ1) is 11.8. The first-order chi connectivity index (χ1) is 7.66. The third kappa shape index (κ3) is 2.70. The molecule has 0 saturated carbocycles. The van der Waals surface area contributed by atoms with Crippen molar-refractivity contribution >= 4 is 27.3 Å². The number of benzene rings is 1. The van der Waals surface area contributed by atoms with E-state index in [1.165, 1.54) is 12.1 Å². The largest absolute Gasteiger partial charge is 0.323 e. The second-order valence-electron chi connectivity index (χ2n) is 3.57. The van der Waals surface area contributed by atoms with Gasteiger partial charge in [-0.15, -0.1) is 11.3 Å². The lowest BCUT2D eigenvalue weighted by Crippen LogP contribution is -2.12. The summed E-state index contributed by atoms with van der Waals surface area (Å²) in [6.45, 7) is 0. The van der Waals surface area contributed by atoms with Gasteiger partial charge in [0.25, 0.3) is 0 Å². The van der Waals surface area contributed by atoms with Gasteiger partial charge in [0.2, 0.25) is 0 Å². The maximum atomic E-state index is 12.7. The maximum Gasteiger partial charge on any atom is 0.123 e. The molecular weight excluding hydrogens is 289 g/mol. The van der Waals surface area contributed by atoms with E-state index in [0.717, 1.165) is 21.3 Å². The van der Waals surface area contributed by atoms with E-state index in [9.17, 15) is 4.39 Å². The molecule has 0 radical (unpaired) electrons. The number of hydrogen-bond donors (Lipinski definition) is 1. The predicted octanol–water partition coefficient (Wildman–Crippen LogP) is 3.89. The fourth-order valence-corrected chi connectivity index (χ4v) is 3.21. The Morgan fingerprint density at radius 2 is 1.94 bits per heavy atom. The third-order valence-electron chi connectivity index (χ3n) is 2.35. The van der Waals surface area contributed by atoms with Crippen LogP contribution in [0.4, 0.5) is 4.39 Å². The molecule has 1 heterocycles. The molecule has 1 nitrogen and oxygen atoms in total. The van der Waals surface area contributed by atoms with Crippen LogP contribution in [0.2, 0.25) is 0 Å². The highest BCUT2D eigenvalue weighted by Crippen LogP contribution is 2.29. The van der Waals surface area contributed by atoms with Crippen molar-refractivity contribution in [3.63, 3.8) is 0 Å². The highest BCUT2D eigenvalue weighted by atomic mass is 79.9. The van der Waals surface area contributed by atoms with Crippen LogP contribution >= 0.6 is 27.3 Å². The van der Waals surface area contributed by atoms with Gasteiger partial charge in [0.05, 0.1) is 0 Å². The van der Waals surface area contributed by atoms with Gasteiger partial charge in [-0.2, -0.15) is 0 Å². The van der Waals surface area contributed by atoms with E-state index >= 15 is 0 Å². The summed E-state index contributed by atoms with van der Waals surface area (Å²) in [6.07, 6.45) is 0.722. The molecule has 4 heteroatoms. The molecule has 2 rings (SSSR count). The van der Waals surface area contributed by atoms with Crippen LogP contribution < -0.4 is 5.73 Å². The molecule has 16 heavy (non-hydrogen) atoms. The average molecular weight is 300 g/mol. The Bertz CT molecular complexity index is 466. The molecule has 1 aromatic carbocycles. The van der Waals surface area contributed by atoms with E-state index < -0.39 is 0 Å². The van der Waals surface area contributed by atoms with Gasteiger partial charge >= 0.3 is 0 Å². The maximum absolute atomic E-state index is 12.7. The quantitative estimate of drug-likeness (QED) is 0.914. The van der Waals surface area contributed by atoms with E-state index in [2.05, 4.69) is 15.9 Å². The van der Waals surface area contributed by atoms with Gasteiger partial charge in [-0.1, -0.05) is 12.1 Å². The molecule has 1 unspecified atom stereocenters. The topological polar surface area (TPSA) is 26.0 Å². The number of halogens is 2. The number of nitrogens with two attached hydrogens (primary N) is 1. The monoisotopic (exact) mass is 299 g/mol. The first-order valence-electron chi connectivity index (χ1n) is 4.89. The van der Waals surface area contributed by atoms with Gasteiger partial charge in [0.1, 0.15) is 5.82 Å². The second kappa shape index (κ2) is 5.08. The molecule has 2 N–H and O–H groups in total. The van der Waals surface area contributed by atoms with Crippen LogP contribution in [-0.4, -0.2) is 0 Å². The summed E-state index contributed by atoms with van der Waals surface area (Å²) in [5.74, 6) is -0.213. The van der Waals surface area contributed by atoms with E-state index in [0.29, 0.717) is 0 Å². The Labute approximate surface area is 106 Å². The fraction of sp³-hybridized carbons (Fsp3) is 0.167. The van der Waals surface area contributed by atoms with Crippen molar-refractivity contribution in [1.29, 1.82) is 0 Å². The number of rotatable bonds is 3. The Balaban J connectivity index is 2.10. The molecule has 84 valence electrons. The average Bonchev–Trinajstić information content (AvgIpc) is 2.68. The van der Waals surface area contributed by atoms with Gasteiger partial charge in [-0.05, 0) is 51.5 Å². The highest BCUT2D eigenvalue weighted by Gasteiger charge is 2.11. The molecule has 0 aliphatic carbocycles. The summed E-state index contributed by atoms with van der Waals surface area (Å²) in [5.41, 5.74) is 7.15. The van der Waals surface area contributed by atoms with Crippen molar-refractivity contribution in [2.24, 2.45) is 5.73 Å². The molecule has 0 spiro atoms. The van der Waals surface area contributed by atoms with E-state index in [4.69, 9.17) is 5.73 Å². The van der Waals surface area contributed by atoms with Crippen LogP contribution in [0, 0.1) is 5.82 Å². The lowest BCUT2D eigenvalue weighted by Gasteiger charge is -2.10. The van der Waals surface area contributed by atoms with Gasteiger partial charge in [-0.25, -0.2) is 4.39 Å². The summed E-state index contributed by atoms with van der Waals surface area (Å²) in [7, 11) is 0. The number of thiophene rings is 1. The van der Waals surface area contributed by atoms with Crippen LogP contribution in [0.5, 0.6) is 0 Å². The smallest absolute Gasteiger partial charge is 0.123 e. The summed E-state index contributed by atoms with van der Waals surface area (Å²) in [6, 6.07) is 8.43. The fourth-order valence-electron chi connectivity index (χ4n) is 1.54. The van der Waals surface area contributed by atoms with Gasteiger partial charge in [0, 0.05) is 15.4 Å². The summed E-state index contributed by atoms with van der Waals surface area (Å²) in [4.78, 5) is 1.13. The third-order valence-corrected chi connectivity index (χ3v) is 4.35. The van der Waals surface area contributed by atoms with E-state index in [-0.39, 0.29) is 11.9 Å². The van der Waals surface area contributed by atoms with Crippen molar-refractivity contribution in [3.8, 4) is 0 Å². The summed E-state index contributed by atoms with van der Waals surface area (Å²) >= 11 is 5.10. The van der Waals surface area contributed by atoms with Crippen LogP contribution in [0.15, 0.2) is 40.2 Å². The van der Waals surface area contributed by atoms with E-state index in [1.54, 1.807) is 23.5 Å². The van der Waals surface area contributed by atoms with Gasteiger partial charge < -0.3 is 5.73 Å². The van der Waals surface area contributed by atoms with Crippen LogP contribution in [0.1, 0.15) is 16.5 Å². The summed E-state index contributed by atoms with van der Waals surface area (Å²) in [5, 5.41) is 2.00. The SMILES string of the molecule is NC(Cc1ccc(F)cc1)c1sccc1Br. The van der Waals surface area contributed by atoms with Crippen LogP contribution in [0.25, 0.3) is 0 Å². The zero-order valence-electron chi connectivity index (χ0n) is 8.49. The Morgan fingerprint density at radius 3 is 2.50 bits per heavy atom. The minimum absolute atomic E-state index is 0.0418. The molecule has 1 atom stereocenters. The minimum Gasteiger partial charge on any atom is -0.323 e. The van der Waals surface area contributed by atoms with Crippen molar-refractivity contribution in [1.82, 2.24) is 0 Å². The predicted molar refractivity (Wildman–Crippen MR) is 69.1 cm³/mol. The highest BCUT2D eigenvalue weighted by molar-refractivity contribution is 9.10. The lowest BCUT2D eigenvalue weighted by molar-refractivity contribution is 0.625. The second-order valence-corrected chi connectivity index (χ2v) is 5.37. The Morgan fingerprint density at radius 1 is 1.25 bits per heavy atom. The molecule has 0 amide bonds. The van der Waals surface area contributed by atoms with E-state index in [1.807, 2.05) is 11.4 Å². The Kier molecular flexibility index (Phi) is 3.74. The first-order valence-corrected chi connectivity index (χ1v) is 6.57. The minimum atomic E-state index is -0.213. The standard InChI is InChI=1S/C12H11BrFNS/c13-10-5-6-16-12(10)11(15)7-8-1-3-9(14)4-2-8/h1-6,11H,7,15H2. The zero-order valence-corrected chi connectivity index (χ0v) is 10.9. The van der Waals surface area contributed by atoms with Crippen molar-refractivity contribution in [2.45, 2.75) is 12.5 Å². The normalized spacial score (nSPS) is 12.7. The Hall–Kier alpha value is -0.710. The van der Waals surface area contributed by atoms with Crippen molar-refractivity contribution in [2.75, 3.05) is 0 Å². The molecular formula is C12H11BrFNS. The van der Waals surface area contributed by atoms with Crippen LogP contribution in [-0.2, 0) is 6.42 Å².